The van der Waals surface area contributed by atoms with Crippen LogP contribution >= 0.6 is 24.4 Å². The van der Waals surface area contributed by atoms with Gasteiger partial charge in [0.1, 0.15) is 5.60 Å². The Kier molecular flexibility index (Phi) is 5.62. The molecule has 1 saturated heterocycles. The molecule has 2 bridgehead atoms. The third-order valence-corrected chi connectivity index (χ3v) is 5.72. The fraction of sp³-hybridized carbons (Fsp3) is 0.444. The van der Waals surface area contributed by atoms with E-state index in [1.165, 1.54) is 14.2 Å². The van der Waals surface area contributed by atoms with Crippen molar-refractivity contribution in [2.75, 3.05) is 14.2 Å². The third-order valence-electron chi connectivity index (χ3n) is 5.04. The maximum atomic E-state index is 12.5. The predicted octanol–water partition coefficient (Wildman–Crippen LogP) is 2.26. The second-order valence-corrected chi connectivity index (χ2v) is 6.95. The lowest BCUT2D eigenvalue weighted by Gasteiger charge is -2.35. The predicted molar refractivity (Wildman–Crippen MR) is 99.0 cm³/mol. The van der Waals surface area contributed by atoms with Gasteiger partial charge >= 0.3 is 11.9 Å². The number of halogens is 1. The highest BCUT2D eigenvalue weighted by molar-refractivity contribution is 7.78. The van der Waals surface area contributed by atoms with E-state index < -0.39 is 29.7 Å². The van der Waals surface area contributed by atoms with Gasteiger partial charge in [0, 0.05) is 5.02 Å². The zero-order chi connectivity index (χ0) is 18.9. The molecule has 3 atom stereocenters. The average molecular weight is 398 g/mol. The Labute approximate surface area is 162 Å². The van der Waals surface area contributed by atoms with E-state index in [0.29, 0.717) is 24.3 Å². The van der Waals surface area contributed by atoms with Crippen LogP contribution in [0.4, 0.5) is 0 Å². The number of esters is 2. The first-order valence-electron chi connectivity index (χ1n) is 8.20. The van der Waals surface area contributed by atoms with E-state index in [9.17, 15) is 9.59 Å². The third kappa shape index (κ3) is 3.03. The van der Waals surface area contributed by atoms with E-state index >= 15 is 0 Å². The van der Waals surface area contributed by atoms with Crippen molar-refractivity contribution in [1.29, 1.82) is 0 Å². The molecular weight excluding hydrogens is 378 g/mol. The smallest absolute Gasteiger partial charge is 0.337 e. The monoisotopic (exact) mass is 397 g/mol. The van der Waals surface area contributed by atoms with Gasteiger partial charge in [0.05, 0.1) is 37.5 Å². The molecule has 1 fully saturated rings. The van der Waals surface area contributed by atoms with Crippen molar-refractivity contribution in [3.05, 3.63) is 46.0 Å². The molecule has 6 nitrogen and oxygen atoms in total. The standard InChI is InChI=1S/C18H20ClNO5S/c1-23-16(21)14-12-7-8-18(25-12,15(14)17(22)24-2)13(20-26)9-10-5-3-4-6-11(10)19/h3-6,12-13,20,26H,7-9H2,1-2H3. The minimum absolute atomic E-state index is 0.210. The normalized spacial score (nSPS) is 25.3. The van der Waals surface area contributed by atoms with Crippen LogP contribution in [-0.4, -0.2) is 43.9 Å². The molecule has 3 rings (SSSR count). The highest BCUT2D eigenvalue weighted by Crippen LogP contribution is 2.51. The number of ether oxygens (including phenoxy) is 3. The lowest BCUT2D eigenvalue weighted by Crippen LogP contribution is -2.51. The highest BCUT2D eigenvalue weighted by Gasteiger charge is 2.60. The molecule has 8 heteroatoms. The van der Waals surface area contributed by atoms with Crippen LogP contribution < -0.4 is 4.72 Å². The fourth-order valence-electron chi connectivity index (χ4n) is 3.85. The summed E-state index contributed by atoms with van der Waals surface area (Å²) in [6.45, 7) is 0. The number of hydrogen-bond donors (Lipinski definition) is 2. The summed E-state index contributed by atoms with van der Waals surface area (Å²) < 4.78 is 18.9. The maximum absolute atomic E-state index is 12.5. The molecule has 1 aromatic carbocycles. The average Bonchev–Trinajstić information content (AvgIpc) is 3.23. The van der Waals surface area contributed by atoms with Gasteiger partial charge in [-0.15, -0.1) is 0 Å². The molecule has 0 radical (unpaired) electrons. The number of carbonyl (C=O) groups is 2. The number of hydrogen-bond acceptors (Lipinski definition) is 7. The van der Waals surface area contributed by atoms with Crippen LogP contribution in [-0.2, 0) is 30.2 Å². The van der Waals surface area contributed by atoms with Crippen LogP contribution in [0.5, 0.6) is 0 Å². The first-order chi connectivity index (χ1) is 12.5. The summed E-state index contributed by atoms with van der Waals surface area (Å²) in [5.74, 6) is -1.17. The summed E-state index contributed by atoms with van der Waals surface area (Å²) in [6.07, 6.45) is 1.14. The molecule has 2 heterocycles. The van der Waals surface area contributed by atoms with E-state index in [0.717, 1.165) is 5.56 Å². The van der Waals surface area contributed by atoms with Crippen molar-refractivity contribution in [2.45, 2.75) is 37.0 Å². The molecule has 0 amide bonds. The molecule has 26 heavy (non-hydrogen) atoms. The Morgan fingerprint density at radius 3 is 2.65 bits per heavy atom. The Morgan fingerprint density at radius 2 is 2.04 bits per heavy atom. The molecule has 0 saturated carbocycles. The van der Waals surface area contributed by atoms with Gasteiger partial charge in [-0.1, -0.05) is 42.6 Å². The molecule has 2 aliphatic rings. The van der Waals surface area contributed by atoms with Crippen molar-refractivity contribution in [3.63, 3.8) is 0 Å². The van der Waals surface area contributed by atoms with E-state index in [4.69, 9.17) is 25.8 Å². The number of benzene rings is 1. The second kappa shape index (κ2) is 7.60. The number of carbonyl (C=O) groups excluding carboxylic acids is 2. The van der Waals surface area contributed by atoms with Crippen LogP contribution in [0.15, 0.2) is 35.4 Å². The van der Waals surface area contributed by atoms with Gasteiger partial charge in [0.25, 0.3) is 0 Å². The summed E-state index contributed by atoms with van der Waals surface area (Å²) in [5.41, 5.74) is 0.306. The molecule has 1 aromatic rings. The highest BCUT2D eigenvalue weighted by atomic mass is 35.5. The van der Waals surface area contributed by atoms with E-state index in [1.807, 2.05) is 18.2 Å². The van der Waals surface area contributed by atoms with Crippen LogP contribution in [0.1, 0.15) is 18.4 Å². The molecular formula is C18H20ClNO5S. The Bertz CT molecular complexity index is 768. The Hall–Kier alpha value is -1.54. The maximum Gasteiger partial charge on any atom is 0.337 e. The van der Waals surface area contributed by atoms with Gasteiger partial charge in [-0.3, -0.25) is 4.72 Å². The van der Waals surface area contributed by atoms with Gasteiger partial charge in [-0.05, 0) is 30.9 Å². The minimum Gasteiger partial charge on any atom is -0.466 e. The van der Waals surface area contributed by atoms with E-state index in [1.54, 1.807) is 6.07 Å². The molecule has 0 aliphatic carbocycles. The van der Waals surface area contributed by atoms with Gasteiger partial charge in [-0.2, -0.15) is 0 Å². The van der Waals surface area contributed by atoms with Crippen LogP contribution in [0.25, 0.3) is 0 Å². The first kappa shape index (κ1) is 19.2. The summed E-state index contributed by atoms with van der Waals surface area (Å²) in [5, 5.41) is 0.613. The lowest BCUT2D eigenvalue weighted by atomic mass is 9.76. The minimum atomic E-state index is -1.03. The molecule has 0 aromatic heterocycles. The van der Waals surface area contributed by atoms with Crippen molar-refractivity contribution in [1.82, 2.24) is 4.72 Å². The summed E-state index contributed by atoms with van der Waals surface area (Å²) in [7, 11) is 2.56. The molecule has 2 aliphatic heterocycles. The Balaban J connectivity index is 2.05. The van der Waals surface area contributed by atoms with Gasteiger partial charge in [0.2, 0.25) is 0 Å². The first-order valence-corrected chi connectivity index (χ1v) is 9.03. The zero-order valence-electron chi connectivity index (χ0n) is 14.5. The molecule has 1 N–H and O–H groups in total. The largest absolute Gasteiger partial charge is 0.466 e. The zero-order valence-corrected chi connectivity index (χ0v) is 16.1. The van der Waals surface area contributed by atoms with Gasteiger partial charge < -0.3 is 14.2 Å². The lowest BCUT2D eigenvalue weighted by molar-refractivity contribution is -0.140. The SMILES string of the molecule is COC(=O)C1=C(C(=O)OC)C2(C(Cc3ccccc3Cl)NS)CCC1O2. The second-order valence-electron chi connectivity index (χ2n) is 6.28. The van der Waals surface area contributed by atoms with Crippen LogP contribution in [0, 0.1) is 0 Å². The summed E-state index contributed by atoms with van der Waals surface area (Å²) in [4.78, 5) is 24.8. The molecule has 140 valence electrons. The topological polar surface area (TPSA) is 73.9 Å². The number of fused-ring (bicyclic) bond motifs is 2. The van der Waals surface area contributed by atoms with Gasteiger partial charge in [0.15, 0.2) is 0 Å². The van der Waals surface area contributed by atoms with Crippen molar-refractivity contribution >= 4 is 36.4 Å². The number of rotatable bonds is 6. The number of methoxy groups -OCH3 is 2. The van der Waals surface area contributed by atoms with E-state index in [2.05, 4.69) is 17.5 Å². The summed E-state index contributed by atoms with van der Waals surface area (Å²) in [6, 6.07) is 7.04. The van der Waals surface area contributed by atoms with Crippen molar-refractivity contribution in [3.8, 4) is 0 Å². The number of thiol groups is 1. The van der Waals surface area contributed by atoms with Crippen LogP contribution in [0.2, 0.25) is 5.02 Å². The van der Waals surface area contributed by atoms with Gasteiger partial charge in [-0.25, -0.2) is 9.59 Å². The van der Waals surface area contributed by atoms with Crippen LogP contribution in [0.3, 0.4) is 0 Å². The van der Waals surface area contributed by atoms with Crippen molar-refractivity contribution in [2.24, 2.45) is 0 Å². The quantitative estimate of drug-likeness (QED) is 0.566. The molecule has 0 spiro atoms. The Morgan fingerprint density at radius 1 is 1.35 bits per heavy atom. The molecule has 3 unspecified atom stereocenters. The van der Waals surface area contributed by atoms with Crippen molar-refractivity contribution < 1.29 is 23.8 Å². The fourth-order valence-corrected chi connectivity index (χ4v) is 4.36. The summed E-state index contributed by atoms with van der Waals surface area (Å²) >= 11 is 10.5. The number of nitrogens with one attached hydrogen (secondary N) is 1. The van der Waals surface area contributed by atoms with E-state index in [-0.39, 0.29) is 11.1 Å².